The van der Waals surface area contributed by atoms with Crippen molar-refractivity contribution in [1.82, 2.24) is 10.2 Å². The predicted molar refractivity (Wildman–Crippen MR) is 86.0 cm³/mol. The molecule has 0 saturated carbocycles. The van der Waals surface area contributed by atoms with Gasteiger partial charge >= 0.3 is 6.09 Å². The molecule has 3 aromatic rings. The lowest BCUT2D eigenvalue weighted by Crippen LogP contribution is -2.37. The number of rotatable bonds is 3. The number of H-pyrrole nitrogens is 1. The van der Waals surface area contributed by atoms with Gasteiger partial charge in [0.25, 0.3) is 0 Å². The van der Waals surface area contributed by atoms with Crippen molar-refractivity contribution in [2.24, 2.45) is 0 Å². The molecular formula is C18H15N3O2. The summed E-state index contributed by atoms with van der Waals surface area (Å²) in [5, 5.41) is 6.72. The quantitative estimate of drug-likeness (QED) is 0.803. The maximum absolute atomic E-state index is 12.5. The van der Waals surface area contributed by atoms with Crippen molar-refractivity contribution < 1.29 is 9.53 Å². The Morgan fingerprint density at radius 1 is 1.09 bits per heavy atom. The van der Waals surface area contributed by atoms with E-state index in [1.165, 1.54) is 0 Å². The maximum atomic E-state index is 12.5. The van der Waals surface area contributed by atoms with E-state index in [0.29, 0.717) is 6.54 Å². The number of carbonyl (C=O) groups excluding carboxylic acids is 1. The van der Waals surface area contributed by atoms with Gasteiger partial charge in [-0.15, -0.1) is 0 Å². The average molecular weight is 305 g/mol. The van der Waals surface area contributed by atoms with Crippen LogP contribution in [-0.4, -0.2) is 16.3 Å². The van der Waals surface area contributed by atoms with Gasteiger partial charge in [-0.25, -0.2) is 4.79 Å². The van der Waals surface area contributed by atoms with Gasteiger partial charge in [0.15, 0.2) is 6.10 Å². The lowest BCUT2D eigenvalue weighted by atomic mass is 10.00. The topological polar surface area (TPSA) is 58.2 Å². The first-order valence-electron chi connectivity index (χ1n) is 7.42. The summed E-state index contributed by atoms with van der Waals surface area (Å²) in [7, 11) is 0. The molecule has 1 unspecified atom stereocenters. The summed E-state index contributed by atoms with van der Waals surface area (Å²) in [4.78, 5) is 14.2. The van der Waals surface area contributed by atoms with E-state index in [0.717, 1.165) is 22.4 Å². The Labute approximate surface area is 133 Å². The predicted octanol–water partition coefficient (Wildman–Crippen LogP) is 3.66. The van der Waals surface area contributed by atoms with Crippen LogP contribution >= 0.6 is 0 Å². The van der Waals surface area contributed by atoms with Crippen LogP contribution in [0.25, 0.3) is 0 Å². The van der Waals surface area contributed by atoms with Crippen LogP contribution in [0.2, 0.25) is 0 Å². The van der Waals surface area contributed by atoms with E-state index >= 15 is 0 Å². The Kier molecular flexibility index (Phi) is 3.31. The highest BCUT2D eigenvalue weighted by Crippen LogP contribution is 2.38. The van der Waals surface area contributed by atoms with Gasteiger partial charge in [0.05, 0.1) is 18.4 Å². The molecule has 0 radical (unpaired) electrons. The zero-order valence-electron chi connectivity index (χ0n) is 12.3. The molecule has 0 spiro atoms. The molecule has 0 aliphatic carbocycles. The van der Waals surface area contributed by atoms with E-state index in [1.807, 2.05) is 54.6 Å². The SMILES string of the molecule is O=C1OC(c2cn[nH]c2)c2ccccc2N1Cc1ccccc1. The molecule has 0 saturated heterocycles. The van der Waals surface area contributed by atoms with Crippen LogP contribution in [0.1, 0.15) is 22.8 Å². The minimum Gasteiger partial charge on any atom is -0.436 e. The van der Waals surface area contributed by atoms with Crippen molar-refractivity contribution in [2.45, 2.75) is 12.6 Å². The Balaban J connectivity index is 1.74. The molecule has 0 fully saturated rings. The maximum Gasteiger partial charge on any atom is 0.415 e. The van der Waals surface area contributed by atoms with E-state index < -0.39 is 6.10 Å². The van der Waals surface area contributed by atoms with Gasteiger partial charge in [-0.1, -0.05) is 48.5 Å². The van der Waals surface area contributed by atoms with E-state index in [9.17, 15) is 4.79 Å². The minimum atomic E-state index is -0.426. The van der Waals surface area contributed by atoms with E-state index in [4.69, 9.17) is 4.74 Å². The molecule has 1 N–H and O–H groups in total. The molecule has 5 nitrogen and oxygen atoms in total. The van der Waals surface area contributed by atoms with Crippen molar-refractivity contribution >= 4 is 11.8 Å². The third-order valence-electron chi connectivity index (χ3n) is 3.95. The normalized spacial score (nSPS) is 16.8. The summed E-state index contributed by atoms with van der Waals surface area (Å²) < 4.78 is 5.67. The van der Waals surface area contributed by atoms with Crippen molar-refractivity contribution in [3.05, 3.63) is 83.7 Å². The van der Waals surface area contributed by atoms with Crippen LogP contribution < -0.4 is 4.90 Å². The molecule has 1 aliphatic heterocycles. The number of fused-ring (bicyclic) bond motifs is 1. The first-order valence-corrected chi connectivity index (χ1v) is 7.42. The second kappa shape index (κ2) is 5.61. The molecule has 1 aliphatic rings. The monoisotopic (exact) mass is 305 g/mol. The van der Waals surface area contributed by atoms with Crippen molar-refractivity contribution in [3.8, 4) is 0 Å². The lowest BCUT2D eigenvalue weighted by Gasteiger charge is -2.33. The van der Waals surface area contributed by atoms with Gasteiger partial charge in [0.1, 0.15) is 0 Å². The molecule has 23 heavy (non-hydrogen) atoms. The number of para-hydroxylation sites is 1. The van der Waals surface area contributed by atoms with Gasteiger partial charge < -0.3 is 4.74 Å². The summed E-state index contributed by atoms with van der Waals surface area (Å²) in [6.07, 6.45) is 2.66. The summed E-state index contributed by atoms with van der Waals surface area (Å²) in [5.74, 6) is 0. The van der Waals surface area contributed by atoms with Crippen LogP contribution in [0.15, 0.2) is 67.0 Å². The number of amides is 1. The van der Waals surface area contributed by atoms with Gasteiger partial charge in [0, 0.05) is 17.3 Å². The number of aromatic amines is 1. The Morgan fingerprint density at radius 3 is 2.65 bits per heavy atom. The number of ether oxygens (including phenoxy) is 1. The fourth-order valence-electron chi connectivity index (χ4n) is 2.85. The highest BCUT2D eigenvalue weighted by Gasteiger charge is 2.33. The molecule has 0 bridgehead atoms. The number of nitrogens with one attached hydrogen (secondary N) is 1. The standard InChI is InChI=1S/C18H15N3O2/c22-18-21(12-13-6-2-1-3-7-13)16-9-5-4-8-15(16)17(23-18)14-10-19-20-11-14/h1-11,17H,12H2,(H,19,20). The molecular weight excluding hydrogens is 290 g/mol. The van der Waals surface area contributed by atoms with Gasteiger partial charge in [-0.3, -0.25) is 10.00 Å². The van der Waals surface area contributed by atoms with E-state index in [-0.39, 0.29) is 6.09 Å². The number of hydrogen-bond donors (Lipinski definition) is 1. The van der Waals surface area contributed by atoms with Gasteiger partial charge in [-0.2, -0.15) is 5.10 Å². The molecule has 2 aromatic carbocycles. The smallest absolute Gasteiger partial charge is 0.415 e. The third kappa shape index (κ3) is 2.46. The summed E-state index contributed by atoms with van der Waals surface area (Å²) >= 11 is 0. The molecule has 2 heterocycles. The number of aromatic nitrogens is 2. The minimum absolute atomic E-state index is 0.348. The summed E-state index contributed by atoms with van der Waals surface area (Å²) in [6, 6.07) is 17.7. The van der Waals surface area contributed by atoms with Crippen LogP contribution in [0.5, 0.6) is 0 Å². The zero-order chi connectivity index (χ0) is 15.6. The molecule has 1 aromatic heterocycles. The van der Waals surface area contributed by atoms with Crippen LogP contribution in [0.4, 0.5) is 10.5 Å². The Hall–Kier alpha value is -3.08. The molecule has 114 valence electrons. The van der Waals surface area contributed by atoms with Crippen LogP contribution in [0.3, 0.4) is 0 Å². The van der Waals surface area contributed by atoms with Crippen molar-refractivity contribution in [1.29, 1.82) is 0 Å². The Morgan fingerprint density at radius 2 is 1.87 bits per heavy atom. The zero-order valence-corrected chi connectivity index (χ0v) is 12.3. The van der Waals surface area contributed by atoms with Crippen molar-refractivity contribution in [3.63, 3.8) is 0 Å². The number of carbonyl (C=O) groups is 1. The third-order valence-corrected chi connectivity index (χ3v) is 3.95. The first kappa shape index (κ1) is 13.6. The van der Waals surface area contributed by atoms with E-state index in [2.05, 4.69) is 10.2 Å². The number of nitrogens with zero attached hydrogens (tertiary/aromatic N) is 2. The second-order valence-corrected chi connectivity index (χ2v) is 5.43. The highest BCUT2D eigenvalue weighted by atomic mass is 16.6. The number of benzene rings is 2. The number of hydrogen-bond acceptors (Lipinski definition) is 3. The van der Waals surface area contributed by atoms with Gasteiger partial charge in [-0.05, 0) is 11.6 Å². The van der Waals surface area contributed by atoms with Crippen LogP contribution in [-0.2, 0) is 11.3 Å². The summed E-state index contributed by atoms with van der Waals surface area (Å²) in [6.45, 7) is 0.481. The summed E-state index contributed by atoms with van der Waals surface area (Å²) in [5.41, 5.74) is 3.73. The molecule has 4 rings (SSSR count). The fraction of sp³-hybridized carbons (Fsp3) is 0.111. The Bertz CT molecular complexity index is 815. The molecule has 1 atom stereocenters. The lowest BCUT2D eigenvalue weighted by molar-refractivity contribution is 0.117. The van der Waals surface area contributed by atoms with Crippen LogP contribution in [0, 0.1) is 0 Å². The first-order chi connectivity index (χ1) is 11.3. The van der Waals surface area contributed by atoms with Gasteiger partial charge in [0.2, 0.25) is 0 Å². The largest absolute Gasteiger partial charge is 0.436 e. The highest BCUT2D eigenvalue weighted by molar-refractivity contribution is 5.91. The second-order valence-electron chi connectivity index (χ2n) is 5.43. The van der Waals surface area contributed by atoms with E-state index in [1.54, 1.807) is 17.3 Å². The fourth-order valence-corrected chi connectivity index (χ4v) is 2.85. The average Bonchev–Trinajstić information content (AvgIpc) is 3.12. The molecule has 5 heteroatoms. The van der Waals surface area contributed by atoms with Crippen molar-refractivity contribution in [2.75, 3.05) is 4.90 Å². The molecule has 1 amide bonds. The number of anilines is 1. The number of cyclic esters (lactones) is 1.